The highest BCUT2D eigenvalue weighted by Crippen LogP contribution is 2.26. The van der Waals surface area contributed by atoms with Crippen LogP contribution in [0.1, 0.15) is 6.92 Å². The summed E-state index contributed by atoms with van der Waals surface area (Å²) in [6.07, 6.45) is 0. The summed E-state index contributed by atoms with van der Waals surface area (Å²) in [4.78, 5) is 23.6. The number of amides is 2. The van der Waals surface area contributed by atoms with Gasteiger partial charge in [-0.15, -0.1) is 10.2 Å². The van der Waals surface area contributed by atoms with Crippen molar-refractivity contribution in [3.05, 3.63) is 40.6 Å². The molecule has 1 aliphatic heterocycles. The number of rotatable bonds is 6. The normalized spacial score (nSPS) is 14.0. The Bertz CT molecular complexity index is 867. The van der Waals surface area contributed by atoms with Gasteiger partial charge in [0.05, 0.1) is 18.7 Å². The Balaban J connectivity index is 1.73. The molecule has 0 aliphatic carbocycles. The summed E-state index contributed by atoms with van der Waals surface area (Å²) in [6.45, 7) is 2.08. The number of hydrogen-bond donors (Lipinski definition) is 2. The maximum Gasteiger partial charge on any atom is 0.337 e. The SMILES string of the molecule is CCOC(=O)C1=C(CSc2nnc(-c3cccc(Cl)c3)o2)NC(=O)NC1. The average molecular weight is 395 g/mol. The number of hydrogen-bond acceptors (Lipinski definition) is 7. The monoisotopic (exact) mass is 394 g/mol. The molecule has 2 aromatic rings. The van der Waals surface area contributed by atoms with E-state index in [2.05, 4.69) is 20.8 Å². The maximum absolute atomic E-state index is 12.0. The van der Waals surface area contributed by atoms with Gasteiger partial charge in [0, 0.05) is 22.0 Å². The molecule has 136 valence electrons. The lowest BCUT2D eigenvalue weighted by Gasteiger charge is -2.20. The van der Waals surface area contributed by atoms with Gasteiger partial charge >= 0.3 is 12.0 Å². The van der Waals surface area contributed by atoms with Crippen LogP contribution in [0.5, 0.6) is 0 Å². The third-order valence-electron chi connectivity index (χ3n) is 3.39. The maximum atomic E-state index is 12.0. The summed E-state index contributed by atoms with van der Waals surface area (Å²) in [5, 5.41) is 14.0. The van der Waals surface area contributed by atoms with Gasteiger partial charge in [0.25, 0.3) is 5.22 Å². The Morgan fingerprint density at radius 1 is 1.42 bits per heavy atom. The summed E-state index contributed by atoms with van der Waals surface area (Å²) in [5.41, 5.74) is 1.53. The fraction of sp³-hybridized carbons (Fsp3) is 0.250. The van der Waals surface area contributed by atoms with Gasteiger partial charge in [0.15, 0.2) is 0 Å². The lowest BCUT2D eigenvalue weighted by molar-refractivity contribution is -0.138. The lowest BCUT2D eigenvalue weighted by Crippen LogP contribution is -2.44. The van der Waals surface area contributed by atoms with Crippen molar-refractivity contribution in [1.29, 1.82) is 0 Å². The lowest BCUT2D eigenvalue weighted by atomic mass is 10.2. The van der Waals surface area contributed by atoms with Crippen LogP contribution in [0.2, 0.25) is 5.02 Å². The Hall–Kier alpha value is -2.52. The minimum Gasteiger partial charge on any atom is -0.463 e. The number of nitrogens with zero attached hydrogens (tertiary/aromatic N) is 2. The second-order valence-electron chi connectivity index (χ2n) is 5.16. The highest BCUT2D eigenvalue weighted by Gasteiger charge is 2.24. The number of esters is 1. The van der Waals surface area contributed by atoms with Gasteiger partial charge in [-0.3, -0.25) is 0 Å². The first-order valence-corrected chi connectivity index (χ1v) is 9.09. The molecule has 1 aromatic heterocycles. The molecule has 0 atom stereocenters. The van der Waals surface area contributed by atoms with Crippen LogP contribution in [0, 0.1) is 0 Å². The van der Waals surface area contributed by atoms with E-state index in [-0.39, 0.29) is 24.9 Å². The fourth-order valence-electron chi connectivity index (χ4n) is 2.21. The zero-order chi connectivity index (χ0) is 18.5. The van der Waals surface area contributed by atoms with Crippen LogP contribution in [0.25, 0.3) is 11.5 Å². The third kappa shape index (κ3) is 4.36. The molecular weight excluding hydrogens is 380 g/mol. The Morgan fingerprint density at radius 3 is 3.04 bits per heavy atom. The molecule has 1 aromatic carbocycles. The molecule has 26 heavy (non-hydrogen) atoms. The topological polar surface area (TPSA) is 106 Å². The molecule has 2 heterocycles. The molecule has 0 saturated heterocycles. The minimum atomic E-state index is -0.472. The largest absolute Gasteiger partial charge is 0.463 e. The summed E-state index contributed by atoms with van der Waals surface area (Å²) < 4.78 is 10.6. The van der Waals surface area contributed by atoms with Crippen molar-refractivity contribution < 1.29 is 18.7 Å². The molecule has 0 bridgehead atoms. The molecule has 1 aliphatic rings. The molecule has 3 rings (SSSR count). The second kappa shape index (κ2) is 8.24. The average Bonchev–Trinajstić information content (AvgIpc) is 3.09. The molecule has 2 N–H and O–H groups in total. The van der Waals surface area contributed by atoms with Crippen molar-refractivity contribution in [3.8, 4) is 11.5 Å². The van der Waals surface area contributed by atoms with Crippen molar-refractivity contribution in [2.45, 2.75) is 12.1 Å². The number of halogens is 1. The van der Waals surface area contributed by atoms with Crippen molar-refractivity contribution in [2.75, 3.05) is 18.9 Å². The van der Waals surface area contributed by atoms with Crippen molar-refractivity contribution in [1.82, 2.24) is 20.8 Å². The van der Waals surface area contributed by atoms with E-state index in [0.29, 0.717) is 33.0 Å². The van der Waals surface area contributed by atoms with Gasteiger partial charge in [-0.1, -0.05) is 29.4 Å². The fourth-order valence-corrected chi connectivity index (χ4v) is 3.15. The van der Waals surface area contributed by atoms with Crippen molar-refractivity contribution >= 4 is 35.4 Å². The van der Waals surface area contributed by atoms with E-state index in [4.69, 9.17) is 20.8 Å². The summed E-state index contributed by atoms with van der Waals surface area (Å²) in [5.74, 6) is 0.142. The zero-order valence-corrected chi connectivity index (χ0v) is 15.3. The summed E-state index contributed by atoms with van der Waals surface area (Å²) in [6, 6.07) is 6.69. The smallest absolute Gasteiger partial charge is 0.337 e. The second-order valence-corrected chi connectivity index (χ2v) is 6.52. The van der Waals surface area contributed by atoms with Gasteiger partial charge < -0.3 is 19.8 Å². The van der Waals surface area contributed by atoms with E-state index in [1.807, 2.05) is 6.07 Å². The van der Waals surface area contributed by atoms with Gasteiger partial charge in [-0.25, -0.2) is 9.59 Å². The summed E-state index contributed by atoms with van der Waals surface area (Å²) >= 11 is 7.16. The van der Waals surface area contributed by atoms with Crippen LogP contribution < -0.4 is 10.6 Å². The van der Waals surface area contributed by atoms with Crippen LogP contribution in [0.4, 0.5) is 4.79 Å². The first-order chi connectivity index (χ1) is 12.6. The van der Waals surface area contributed by atoms with Crippen molar-refractivity contribution in [3.63, 3.8) is 0 Å². The summed E-state index contributed by atoms with van der Waals surface area (Å²) in [7, 11) is 0. The molecule has 10 heteroatoms. The number of aromatic nitrogens is 2. The van der Waals surface area contributed by atoms with Crippen LogP contribution in [0.15, 0.2) is 45.2 Å². The van der Waals surface area contributed by atoms with Gasteiger partial charge in [0.1, 0.15) is 0 Å². The van der Waals surface area contributed by atoms with Crippen LogP contribution in [0.3, 0.4) is 0 Å². The molecule has 2 amide bonds. The Morgan fingerprint density at radius 2 is 2.27 bits per heavy atom. The molecule has 0 spiro atoms. The molecule has 0 fully saturated rings. The van der Waals surface area contributed by atoms with Crippen LogP contribution in [-0.2, 0) is 9.53 Å². The quantitative estimate of drug-likeness (QED) is 0.572. The minimum absolute atomic E-state index is 0.109. The predicted octanol–water partition coefficient (Wildman–Crippen LogP) is 2.61. The van der Waals surface area contributed by atoms with E-state index in [0.717, 1.165) is 0 Å². The first kappa shape index (κ1) is 18.3. The zero-order valence-electron chi connectivity index (χ0n) is 13.7. The van der Waals surface area contributed by atoms with Gasteiger partial charge in [0.2, 0.25) is 5.89 Å². The van der Waals surface area contributed by atoms with Crippen molar-refractivity contribution in [2.24, 2.45) is 0 Å². The molecule has 0 saturated carbocycles. The van der Waals surface area contributed by atoms with Crippen LogP contribution >= 0.6 is 23.4 Å². The van der Waals surface area contributed by atoms with E-state index in [9.17, 15) is 9.59 Å². The number of carbonyl (C=O) groups excluding carboxylic acids is 2. The predicted molar refractivity (Wildman–Crippen MR) is 95.7 cm³/mol. The molecule has 0 radical (unpaired) electrons. The van der Waals surface area contributed by atoms with Gasteiger partial charge in [-0.2, -0.15) is 0 Å². The number of urea groups is 1. The number of thioether (sulfide) groups is 1. The number of ether oxygens (including phenoxy) is 1. The standard InChI is InChI=1S/C16H15ClN4O4S/c1-2-24-14(22)11-7-18-15(23)19-12(11)8-26-16-21-20-13(25-16)9-4-3-5-10(17)6-9/h3-6H,2,7-8H2,1H3,(H2,18,19,23). The number of nitrogens with one attached hydrogen (secondary N) is 2. The third-order valence-corrected chi connectivity index (χ3v) is 4.47. The molecule has 0 unspecified atom stereocenters. The Kier molecular flexibility index (Phi) is 5.79. The van der Waals surface area contributed by atoms with Gasteiger partial charge in [-0.05, 0) is 25.1 Å². The van der Waals surface area contributed by atoms with E-state index in [1.54, 1.807) is 25.1 Å². The van der Waals surface area contributed by atoms with E-state index < -0.39 is 5.97 Å². The highest BCUT2D eigenvalue weighted by atomic mass is 35.5. The Labute approximate surface area is 158 Å². The highest BCUT2D eigenvalue weighted by molar-refractivity contribution is 7.99. The van der Waals surface area contributed by atoms with Crippen LogP contribution in [-0.4, -0.2) is 41.1 Å². The first-order valence-electron chi connectivity index (χ1n) is 7.73. The molecular formula is C16H15ClN4O4S. The van der Waals surface area contributed by atoms with E-state index >= 15 is 0 Å². The number of carbonyl (C=O) groups is 2. The number of benzene rings is 1. The van der Waals surface area contributed by atoms with E-state index in [1.165, 1.54) is 11.8 Å². The molecule has 8 nitrogen and oxygen atoms in total.